The van der Waals surface area contributed by atoms with Gasteiger partial charge in [-0.15, -0.1) is 0 Å². The second-order valence-electron chi connectivity index (χ2n) is 5.99. The average Bonchev–Trinajstić information content (AvgIpc) is 3.02. The molecule has 1 atom stereocenters. The predicted octanol–water partition coefficient (Wildman–Crippen LogP) is 1.73. The quantitative estimate of drug-likeness (QED) is 0.675. The van der Waals surface area contributed by atoms with Gasteiger partial charge in [0.1, 0.15) is 0 Å². The molecule has 2 saturated heterocycles. The van der Waals surface area contributed by atoms with E-state index in [9.17, 15) is 10.1 Å². The van der Waals surface area contributed by atoms with Gasteiger partial charge in [0, 0.05) is 62.0 Å². The molecule has 1 unspecified atom stereocenters. The van der Waals surface area contributed by atoms with Crippen LogP contribution in [0.25, 0.3) is 0 Å². The largest absolute Gasteiger partial charge is 0.315 e. The summed E-state index contributed by atoms with van der Waals surface area (Å²) in [6, 6.07) is 5.45. The van der Waals surface area contributed by atoms with Gasteiger partial charge < -0.3 is 5.32 Å². The summed E-state index contributed by atoms with van der Waals surface area (Å²) in [7, 11) is 0. The van der Waals surface area contributed by atoms with Gasteiger partial charge in [0.15, 0.2) is 0 Å². The minimum Gasteiger partial charge on any atom is -0.315 e. The Morgan fingerprint density at radius 2 is 2.09 bits per heavy atom. The Morgan fingerprint density at radius 3 is 2.73 bits per heavy atom. The lowest BCUT2D eigenvalue weighted by molar-refractivity contribution is -0.385. The molecular formula is C15H21ClN4O2. The maximum atomic E-state index is 11.1. The zero-order valence-corrected chi connectivity index (χ0v) is 13.3. The fourth-order valence-electron chi connectivity index (χ4n) is 3.34. The van der Waals surface area contributed by atoms with Gasteiger partial charge in [-0.3, -0.25) is 19.9 Å². The monoisotopic (exact) mass is 324 g/mol. The van der Waals surface area contributed by atoms with E-state index in [2.05, 4.69) is 15.1 Å². The molecule has 0 bridgehead atoms. The number of nitrogens with zero attached hydrogens (tertiary/aromatic N) is 3. The van der Waals surface area contributed by atoms with Crippen LogP contribution in [0.3, 0.4) is 0 Å². The predicted molar refractivity (Wildman–Crippen MR) is 86.2 cm³/mol. The van der Waals surface area contributed by atoms with E-state index in [1.165, 1.54) is 12.5 Å². The van der Waals surface area contributed by atoms with Crippen LogP contribution in [-0.2, 0) is 6.54 Å². The molecule has 120 valence electrons. The maximum Gasteiger partial charge on any atom is 0.273 e. The summed E-state index contributed by atoms with van der Waals surface area (Å²) in [4.78, 5) is 15.6. The number of halogens is 1. The van der Waals surface area contributed by atoms with E-state index in [1.54, 1.807) is 12.1 Å². The average molecular weight is 325 g/mol. The molecule has 2 fully saturated rings. The van der Waals surface area contributed by atoms with Crippen molar-refractivity contribution in [2.24, 2.45) is 0 Å². The molecular weight excluding hydrogens is 304 g/mol. The third-order valence-corrected chi connectivity index (χ3v) is 4.82. The van der Waals surface area contributed by atoms with E-state index < -0.39 is 0 Å². The van der Waals surface area contributed by atoms with E-state index in [1.807, 2.05) is 0 Å². The van der Waals surface area contributed by atoms with Crippen LogP contribution in [0.4, 0.5) is 5.69 Å². The van der Waals surface area contributed by atoms with Crippen molar-refractivity contribution in [2.75, 3.05) is 39.3 Å². The number of piperazine rings is 1. The van der Waals surface area contributed by atoms with E-state index in [0.717, 1.165) is 39.3 Å². The molecule has 6 nitrogen and oxygen atoms in total. The number of benzene rings is 1. The van der Waals surface area contributed by atoms with E-state index in [-0.39, 0.29) is 10.6 Å². The topological polar surface area (TPSA) is 61.7 Å². The first-order chi connectivity index (χ1) is 10.6. The van der Waals surface area contributed by atoms with Crippen LogP contribution in [0.2, 0.25) is 5.02 Å². The lowest BCUT2D eigenvalue weighted by atomic mass is 10.1. The van der Waals surface area contributed by atoms with Crippen molar-refractivity contribution in [3.8, 4) is 0 Å². The highest BCUT2D eigenvalue weighted by atomic mass is 35.5. The second kappa shape index (κ2) is 6.91. The molecule has 3 rings (SSSR count). The highest BCUT2D eigenvalue weighted by Crippen LogP contribution is 2.24. The lowest BCUT2D eigenvalue weighted by Crippen LogP contribution is -2.50. The fourth-order valence-corrected chi connectivity index (χ4v) is 3.53. The molecule has 0 saturated carbocycles. The number of hydrogen-bond donors (Lipinski definition) is 1. The van der Waals surface area contributed by atoms with Crippen LogP contribution in [0.5, 0.6) is 0 Å². The Morgan fingerprint density at radius 1 is 1.32 bits per heavy atom. The van der Waals surface area contributed by atoms with Crippen molar-refractivity contribution in [2.45, 2.75) is 19.0 Å². The van der Waals surface area contributed by atoms with Gasteiger partial charge in [-0.25, -0.2) is 0 Å². The molecule has 1 N–H and O–H groups in total. The summed E-state index contributed by atoms with van der Waals surface area (Å²) in [5, 5.41) is 15.1. The maximum absolute atomic E-state index is 11.1. The molecule has 22 heavy (non-hydrogen) atoms. The van der Waals surface area contributed by atoms with E-state index in [0.29, 0.717) is 23.2 Å². The summed E-state index contributed by atoms with van der Waals surface area (Å²) in [6.07, 6.45) is 1.22. The Hall–Kier alpha value is -1.21. The minimum absolute atomic E-state index is 0.159. The fraction of sp³-hybridized carbons (Fsp3) is 0.600. The molecule has 0 amide bonds. The molecule has 0 spiro atoms. The molecule has 2 aliphatic heterocycles. The summed E-state index contributed by atoms with van der Waals surface area (Å²) < 4.78 is 0. The van der Waals surface area contributed by atoms with Crippen LogP contribution in [-0.4, -0.2) is 60.0 Å². The molecule has 2 aliphatic rings. The van der Waals surface area contributed by atoms with E-state index in [4.69, 9.17) is 11.6 Å². The number of nitro benzene ring substituents is 1. The molecule has 1 aromatic rings. The third kappa shape index (κ3) is 3.57. The number of nitrogens with one attached hydrogen (secondary N) is 1. The normalized spacial score (nSPS) is 23.8. The lowest BCUT2D eigenvalue weighted by Gasteiger charge is -2.37. The van der Waals surface area contributed by atoms with Gasteiger partial charge in [0.25, 0.3) is 5.69 Å². The number of nitro groups is 1. The van der Waals surface area contributed by atoms with Gasteiger partial charge in [0.05, 0.1) is 4.92 Å². The van der Waals surface area contributed by atoms with Gasteiger partial charge in [-0.1, -0.05) is 11.6 Å². The summed E-state index contributed by atoms with van der Waals surface area (Å²) in [5.74, 6) is 0. The van der Waals surface area contributed by atoms with Crippen molar-refractivity contribution in [3.63, 3.8) is 0 Å². The van der Waals surface area contributed by atoms with Crippen molar-refractivity contribution < 1.29 is 4.92 Å². The van der Waals surface area contributed by atoms with Crippen LogP contribution >= 0.6 is 11.6 Å². The SMILES string of the molecule is O=[N+]([O-])c1ccc(Cl)cc1CN1CCN(C2CCNC2)CC1. The van der Waals surface area contributed by atoms with E-state index >= 15 is 0 Å². The van der Waals surface area contributed by atoms with Gasteiger partial charge in [-0.05, 0) is 25.1 Å². The molecule has 2 heterocycles. The smallest absolute Gasteiger partial charge is 0.273 e. The van der Waals surface area contributed by atoms with Crippen LogP contribution < -0.4 is 5.32 Å². The van der Waals surface area contributed by atoms with Crippen LogP contribution in [0.1, 0.15) is 12.0 Å². The number of hydrogen-bond acceptors (Lipinski definition) is 5. The van der Waals surface area contributed by atoms with Gasteiger partial charge in [0.2, 0.25) is 0 Å². The Kier molecular flexibility index (Phi) is 4.93. The molecule has 0 aliphatic carbocycles. The van der Waals surface area contributed by atoms with Crippen molar-refractivity contribution in [1.82, 2.24) is 15.1 Å². The zero-order valence-electron chi connectivity index (χ0n) is 12.5. The number of rotatable bonds is 4. The third-order valence-electron chi connectivity index (χ3n) is 4.59. The van der Waals surface area contributed by atoms with Gasteiger partial charge in [-0.2, -0.15) is 0 Å². The highest BCUT2D eigenvalue weighted by Gasteiger charge is 2.27. The Bertz CT molecular complexity index is 540. The zero-order chi connectivity index (χ0) is 15.5. The van der Waals surface area contributed by atoms with Crippen molar-refractivity contribution in [1.29, 1.82) is 0 Å². The Labute approximate surface area is 135 Å². The van der Waals surface area contributed by atoms with Crippen LogP contribution in [0.15, 0.2) is 18.2 Å². The summed E-state index contributed by atoms with van der Waals surface area (Å²) in [5.41, 5.74) is 0.861. The highest BCUT2D eigenvalue weighted by molar-refractivity contribution is 6.30. The second-order valence-corrected chi connectivity index (χ2v) is 6.43. The van der Waals surface area contributed by atoms with Gasteiger partial charge >= 0.3 is 0 Å². The minimum atomic E-state index is -0.327. The first-order valence-electron chi connectivity index (χ1n) is 7.73. The molecule has 0 radical (unpaired) electrons. The first-order valence-corrected chi connectivity index (χ1v) is 8.11. The molecule has 1 aromatic carbocycles. The molecule has 0 aromatic heterocycles. The van der Waals surface area contributed by atoms with Crippen molar-refractivity contribution in [3.05, 3.63) is 38.9 Å². The summed E-state index contributed by atoms with van der Waals surface area (Å²) in [6.45, 7) is 6.73. The Balaban J connectivity index is 1.60. The first kappa shape index (κ1) is 15.7. The standard InChI is InChI=1S/C15H21ClN4O2/c16-13-1-2-15(20(21)22)12(9-13)11-18-5-7-19(8-6-18)14-3-4-17-10-14/h1-2,9,14,17H,3-8,10-11H2. The van der Waals surface area contributed by atoms with Crippen LogP contribution in [0, 0.1) is 10.1 Å². The summed E-state index contributed by atoms with van der Waals surface area (Å²) >= 11 is 5.99. The molecule has 7 heteroatoms. The van der Waals surface area contributed by atoms with Crippen molar-refractivity contribution >= 4 is 17.3 Å².